The van der Waals surface area contributed by atoms with Crippen LogP contribution in [0.4, 0.5) is 0 Å². The quantitative estimate of drug-likeness (QED) is 0.517. The lowest BCUT2D eigenvalue weighted by Gasteiger charge is -2.13. The van der Waals surface area contributed by atoms with Crippen LogP contribution in [0.3, 0.4) is 0 Å². The van der Waals surface area contributed by atoms with E-state index in [1.807, 2.05) is 13.0 Å². The van der Waals surface area contributed by atoms with Gasteiger partial charge in [0.25, 0.3) is 15.9 Å². The fourth-order valence-electron chi connectivity index (χ4n) is 2.57. The van der Waals surface area contributed by atoms with Gasteiger partial charge in [-0.3, -0.25) is 4.79 Å². The summed E-state index contributed by atoms with van der Waals surface area (Å²) in [5, 5.41) is 0.578. The van der Waals surface area contributed by atoms with Crippen LogP contribution in [0.1, 0.15) is 21.5 Å². The van der Waals surface area contributed by atoms with Crippen molar-refractivity contribution in [2.75, 3.05) is 0 Å². The maximum Gasteiger partial charge on any atom is 0.268 e. The van der Waals surface area contributed by atoms with Gasteiger partial charge in [0.1, 0.15) is 12.4 Å². The molecule has 29 heavy (non-hydrogen) atoms. The summed E-state index contributed by atoms with van der Waals surface area (Å²) in [6.07, 6.45) is 0. The van der Waals surface area contributed by atoms with Crippen molar-refractivity contribution in [3.8, 4) is 5.75 Å². The van der Waals surface area contributed by atoms with Crippen LogP contribution in [0.2, 0.25) is 5.02 Å². The van der Waals surface area contributed by atoms with Gasteiger partial charge in [-0.05, 0) is 66.6 Å². The minimum atomic E-state index is -4.02. The van der Waals surface area contributed by atoms with Crippen molar-refractivity contribution in [3.63, 3.8) is 0 Å². The number of nitrogens with one attached hydrogen (secondary N) is 1. The summed E-state index contributed by atoms with van der Waals surface area (Å²) in [5.41, 5.74) is 1.82. The molecule has 5 nitrogen and oxygen atoms in total. The minimum Gasteiger partial charge on any atom is -0.488 e. The zero-order valence-corrected chi connectivity index (χ0v) is 18.5. The number of ether oxygens (including phenoxy) is 1. The maximum absolute atomic E-state index is 12.7. The topological polar surface area (TPSA) is 72.5 Å². The molecule has 0 atom stereocenters. The van der Waals surface area contributed by atoms with E-state index in [2.05, 4.69) is 20.7 Å². The van der Waals surface area contributed by atoms with E-state index >= 15 is 0 Å². The van der Waals surface area contributed by atoms with Gasteiger partial charge in [0.2, 0.25) is 0 Å². The molecular weight excluding hydrogens is 478 g/mol. The molecule has 0 saturated carbocycles. The molecule has 0 aliphatic carbocycles. The molecule has 0 aliphatic heterocycles. The Kier molecular flexibility index (Phi) is 6.62. The standard InChI is InChI=1S/C21H17BrClNO4S/c1-14-5-10-19(20(11-14)28-13-15-3-2-4-17(23)12-15)21(25)24-29(26,27)18-8-6-16(22)7-9-18/h2-12H,13H2,1H3,(H,24,25). The average Bonchev–Trinajstić information content (AvgIpc) is 2.66. The summed E-state index contributed by atoms with van der Waals surface area (Å²) in [7, 11) is -4.02. The molecule has 0 saturated heterocycles. The summed E-state index contributed by atoms with van der Waals surface area (Å²) in [4.78, 5) is 12.7. The predicted octanol–water partition coefficient (Wildman–Crippen LogP) is 5.11. The average molecular weight is 495 g/mol. The first-order valence-electron chi connectivity index (χ1n) is 8.55. The predicted molar refractivity (Wildman–Crippen MR) is 116 cm³/mol. The highest BCUT2D eigenvalue weighted by Gasteiger charge is 2.21. The summed E-state index contributed by atoms with van der Waals surface area (Å²) in [6.45, 7) is 2.04. The van der Waals surface area contributed by atoms with E-state index in [9.17, 15) is 13.2 Å². The molecule has 3 aromatic carbocycles. The minimum absolute atomic E-state index is 0.0115. The SMILES string of the molecule is Cc1ccc(C(=O)NS(=O)(=O)c2ccc(Br)cc2)c(OCc2cccc(Cl)c2)c1. The number of sulfonamides is 1. The fourth-order valence-corrected chi connectivity index (χ4v) is 4.02. The van der Waals surface area contributed by atoms with Gasteiger partial charge in [0, 0.05) is 9.50 Å². The van der Waals surface area contributed by atoms with E-state index in [-0.39, 0.29) is 22.8 Å². The third-order valence-electron chi connectivity index (χ3n) is 4.02. The van der Waals surface area contributed by atoms with Gasteiger partial charge in [-0.2, -0.15) is 0 Å². The van der Waals surface area contributed by atoms with Crippen LogP contribution in [0.15, 0.2) is 76.1 Å². The Morgan fingerprint density at radius 2 is 1.79 bits per heavy atom. The molecule has 150 valence electrons. The monoisotopic (exact) mass is 493 g/mol. The number of benzene rings is 3. The van der Waals surface area contributed by atoms with Crippen molar-refractivity contribution in [2.24, 2.45) is 0 Å². The first-order valence-corrected chi connectivity index (χ1v) is 11.2. The van der Waals surface area contributed by atoms with Crippen molar-refractivity contribution in [1.29, 1.82) is 0 Å². The molecule has 0 radical (unpaired) electrons. The lowest BCUT2D eigenvalue weighted by atomic mass is 10.1. The van der Waals surface area contributed by atoms with Crippen molar-refractivity contribution in [1.82, 2.24) is 4.72 Å². The second kappa shape index (κ2) is 8.98. The first kappa shape index (κ1) is 21.4. The Balaban J connectivity index is 1.82. The van der Waals surface area contributed by atoms with Crippen LogP contribution in [-0.4, -0.2) is 14.3 Å². The van der Waals surface area contributed by atoms with Crippen molar-refractivity contribution in [2.45, 2.75) is 18.4 Å². The smallest absolute Gasteiger partial charge is 0.268 e. The number of hydrogen-bond acceptors (Lipinski definition) is 4. The summed E-state index contributed by atoms with van der Waals surface area (Å²) in [5.74, 6) is -0.484. The molecule has 0 spiro atoms. The van der Waals surface area contributed by atoms with Gasteiger partial charge in [-0.15, -0.1) is 0 Å². The number of hydrogen-bond donors (Lipinski definition) is 1. The molecular formula is C21H17BrClNO4S. The highest BCUT2D eigenvalue weighted by atomic mass is 79.9. The zero-order valence-electron chi connectivity index (χ0n) is 15.4. The Bertz CT molecular complexity index is 1150. The van der Waals surface area contributed by atoms with Gasteiger partial charge in [0.05, 0.1) is 10.5 Å². The van der Waals surface area contributed by atoms with Crippen molar-refractivity contribution in [3.05, 3.63) is 92.9 Å². The molecule has 1 N–H and O–H groups in total. The van der Waals surface area contributed by atoms with E-state index in [1.165, 1.54) is 18.2 Å². The lowest BCUT2D eigenvalue weighted by molar-refractivity contribution is 0.0977. The molecule has 0 fully saturated rings. The Morgan fingerprint density at radius 3 is 2.48 bits per heavy atom. The number of amides is 1. The van der Waals surface area contributed by atoms with E-state index in [0.29, 0.717) is 5.02 Å². The van der Waals surface area contributed by atoms with Crippen molar-refractivity contribution < 1.29 is 17.9 Å². The zero-order chi connectivity index (χ0) is 21.0. The van der Waals surface area contributed by atoms with Crippen LogP contribution in [-0.2, 0) is 16.6 Å². The molecule has 0 heterocycles. The van der Waals surface area contributed by atoms with E-state index in [1.54, 1.807) is 42.5 Å². The van der Waals surface area contributed by atoms with Crippen LogP contribution < -0.4 is 9.46 Å². The van der Waals surface area contributed by atoms with Crippen LogP contribution in [0, 0.1) is 6.92 Å². The second-order valence-electron chi connectivity index (χ2n) is 6.31. The molecule has 0 aromatic heterocycles. The number of aryl methyl sites for hydroxylation is 1. The van der Waals surface area contributed by atoms with Crippen molar-refractivity contribution >= 4 is 43.5 Å². The van der Waals surface area contributed by atoms with Crippen LogP contribution in [0.5, 0.6) is 5.75 Å². The normalized spacial score (nSPS) is 11.1. The largest absolute Gasteiger partial charge is 0.488 e. The van der Waals surface area contributed by atoms with E-state index < -0.39 is 15.9 Å². The Morgan fingerprint density at radius 1 is 1.07 bits per heavy atom. The number of halogens is 2. The fraction of sp³-hybridized carbons (Fsp3) is 0.0952. The van der Waals surface area contributed by atoms with Gasteiger partial charge in [-0.1, -0.05) is 45.7 Å². The molecule has 0 bridgehead atoms. The molecule has 1 amide bonds. The molecule has 0 unspecified atom stereocenters. The van der Waals surface area contributed by atoms with Gasteiger partial charge >= 0.3 is 0 Å². The first-order chi connectivity index (χ1) is 13.7. The summed E-state index contributed by atoms with van der Waals surface area (Å²) >= 11 is 9.23. The van der Waals surface area contributed by atoms with Gasteiger partial charge < -0.3 is 4.74 Å². The Labute approximate surface area is 182 Å². The highest BCUT2D eigenvalue weighted by Crippen LogP contribution is 2.23. The molecule has 8 heteroatoms. The Hall–Kier alpha value is -2.35. The molecule has 3 rings (SSSR count). The van der Waals surface area contributed by atoms with Gasteiger partial charge in [-0.25, -0.2) is 13.1 Å². The van der Waals surface area contributed by atoms with E-state index in [0.717, 1.165) is 15.6 Å². The number of carbonyl (C=O) groups excluding carboxylic acids is 1. The van der Waals surface area contributed by atoms with Crippen LogP contribution >= 0.6 is 27.5 Å². The summed E-state index contributed by atoms with van der Waals surface area (Å²) < 4.78 is 33.7. The maximum atomic E-state index is 12.7. The molecule has 3 aromatic rings. The molecule has 0 aliphatic rings. The number of rotatable bonds is 6. The number of carbonyl (C=O) groups is 1. The summed E-state index contributed by atoms with van der Waals surface area (Å²) in [6, 6.07) is 18.1. The van der Waals surface area contributed by atoms with E-state index in [4.69, 9.17) is 16.3 Å². The third-order valence-corrected chi connectivity index (χ3v) is 6.13. The van der Waals surface area contributed by atoms with Gasteiger partial charge in [0.15, 0.2) is 0 Å². The van der Waals surface area contributed by atoms with Crippen LogP contribution in [0.25, 0.3) is 0 Å². The third kappa shape index (κ3) is 5.59. The second-order valence-corrected chi connectivity index (χ2v) is 9.34. The lowest BCUT2D eigenvalue weighted by Crippen LogP contribution is -2.31. The highest BCUT2D eigenvalue weighted by molar-refractivity contribution is 9.10.